The Kier molecular flexibility index (Phi) is 2.98. The molecule has 0 spiro atoms. The van der Waals surface area contributed by atoms with Gasteiger partial charge in [-0.25, -0.2) is 0 Å². The standard InChI is InChI=1S/C11H20N2O2/c1-11(3-5-12-6-4-11)10(15)13-7-2-9(14)8-13/h9,12,14H,2-8H2,1H3/t9-/m0/s1. The Morgan fingerprint density at radius 1 is 1.47 bits per heavy atom. The van der Waals surface area contributed by atoms with Crippen LogP contribution in [0.5, 0.6) is 0 Å². The van der Waals surface area contributed by atoms with E-state index in [1.807, 2.05) is 4.90 Å². The number of piperidine rings is 1. The van der Waals surface area contributed by atoms with E-state index in [4.69, 9.17) is 0 Å². The average molecular weight is 212 g/mol. The highest BCUT2D eigenvalue weighted by atomic mass is 16.3. The maximum atomic E-state index is 12.3. The summed E-state index contributed by atoms with van der Waals surface area (Å²) in [6.45, 7) is 5.17. The SMILES string of the molecule is CC1(C(=O)N2CC[C@H](O)C2)CCNCC1. The number of nitrogens with zero attached hydrogens (tertiary/aromatic N) is 1. The lowest BCUT2D eigenvalue weighted by molar-refractivity contribution is -0.142. The van der Waals surface area contributed by atoms with Crippen LogP contribution < -0.4 is 5.32 Å². The summed E-state index contributed by atoms with van der Waals surface area (Å²) in [4.78, 5) is 14.1. The van der Waals surface area contributed by atoms with Crippen LogP contribution in [0.3, 0.4) is 0 Å². The fraction of sp³-hybridized carbons (Fsp3) is 0.909. The maximum absolute atomic E-state index is 12.3. The zero-order valence-electron chi connectivity index (χ0n) is 9.33. The first-order valence-corrected chi connectivity index (χ1v) is 5.80. The lowest BCUT2D eigenvalue weighted by atomic mass is 9.80. The number of hydrogen-bond acceptors (Lipinski definition) is 3. The van der Waals surface area contributed by atoms with Crippen LogP contribution >= 0.6 is 0 Å². The molecule has 2 fully saturated rings. The van der Waals surface area contributed by atoms with Gasteiger partial charge in [0.2, 0.25) is 5.91 Å². The number of aliphatic hydroxyl groups is 1. The molecule has 2 N–H and O–H groups in total. The van der Waals surface area contributed by atoms with Crippen LogP contribution in [0.1, 0.15) is 26.2 Å². The molecule has 0 unspecified atom stereocenters. The van der Waals surface area contributed by atoms with Crippen LogP contribution in [0.25, 0.3) is 0 Å². The Morgan fingerprint density at radius 3 is 2.67 bits per heavy atom. The van der Waals surface area contributed by atoms with E-state index in [1.165, 1.54) is 0 Å². The molecule has 2 saturated heterocycles. The van der Waals surface area contributed by atoms with E-state index in [0.29, 0.717) is 6.54 Å². The van der Waals surface area contributed by atoms with E-state index < -0.39 is 0 Å². The van der Waals surface area contributed by atoms with Gasteiger partial charge in [-0.15, -0.1) is 0 Å². The molecular weight excluding hydrogens is 192 g/mol. The van der Waals surface area contributed by atoms with Crippen molar-refractivity contribution in [2.45, 2.75) is 32.3 Å². The van der Waals surface area contributed by atoms with Gasteiger partial charge in [0, 0.05) is 18.5 Å². The van der Waals surface area contributed by atoms with E-state index in [9.17, 15) is 9.90 Å². The third kappa shape index (κ3) is 2.16. The van der Waals surface area contributed by atoms with Gasteiger partial charge in [0.25, 0.3) is 0 Å². The molecule has 0 saturated carbocycles. The molecule has 4 nitrogen and oxygen atoms in total. The van der Waals surface area contributed by atoms with Crippen molar-refractivity contribution in [1.29, 1.82) is 0 Å². The molecule has 0 aromatic carbocycles. The van der Waals surface area contributed by atoms with Crippen LogP contribution in [0, 0.1) is 5.41 Å². The lowest BCUT2D eigenvalue weighted by Crippen LogP contribution is -2.47. The van der Waals surface area contributed by atoms with Crippen molar-refractivity contribution in [2.75, 3.05) is 26.2 Å². The Hall–Kier alpha value is -0.610. The van der Waals surface area contributed by atoms with Crippen molar-refractivity contribution in [1.82, 2.24) is 10.2 Å². The molecule has 0 radical (unpaired) electrons. The molecule has 2 heterocycles. The first kappa shape index (κ1) is 10.9. The molecule has 0 aliphatic carbocycles. The summed E-state index contributed by atoms with van der Waals surface area (Å²) in [7, 11) is 0. The van der Waals surface area contributed by atoms with Crippen LogP contribution in [0.4, 0.5) is 0 Å². The van der Waals surface area contributed by atoms with Crippen molar-refractivity contribution in [2.24, 2.45) is 5.41 Å². The third-order valence-electron chi connectivity index (χ3n) is 3.67. The van der Waals surface area contributed by atoms with E-state index in [0.717, 1.165) is 38.9 Å². The molecule has 4 heteroatoms. The maximum Gasteiger partial charge on any atom is 0.228 e. The zero-order chi connectivity index (χ0) is 10.9. The normalized spacial score (nSPS) is 30.5. The molecule has 1 amide bonds. The van der Waals surface area contributed by atoms with Gasteiger partial charge in [-0.05, 0) is 32.4 Å². The van der Waals surface area contributed by atoms with Crippen molar-refractivity contribution in [3.8, 4) is 0 Å². The second-order valence-electron chi connectivity index (χ2n) is 5.00. The fourth-order valence-corrected chi connectivity index (χ4v) is 2.50. The van der Waals surface area contributed by atoms with E-state index in [1.54, 1.807) is 0 Å². The molecule has 1 atom stereocenters. The summed E-state index contributed by atoms with van der Waals surface area (Å²) in [5, 5.41) is 12.7. The fourth-order valence-electron chi connectivity index (χ4n) is 2.50. The van der Waals surface area contributed by atoms with Gasteiger partial charge >= 0.3 is 0 Å². The van der Waals surface area contributed by atoms with Gasteiger partial charge in [-0.2, -0.15) is 0 Å². The molecule has 2 rings (SSSR count). The number of aliphatic hydroxyl groups excluding tert-OH is 1. The van der Waals surface area contributed by atoms with Crippen molar-refractivity contribution in [3.05, 3.63) is 0 Å². The third-order valence-corrected chi connectivity index (χ3v) is 3.67. The lowest BCUT2D eigenvalue weighted by Gasteiger charge is -2.35. The summed E-state index contributed by atoms with van der Waals surface area (Å²) >= 11 is 0. The van der Waals surface area contributed by atoms with Gasteiger partial charge in [0.05, 0.1) is 6.10 Å². The van der Waals surface area contributed by atoms with Crippen molar-refractivity contribution in [3.63, 3.8) is 0 Å². The van der Waals surface area contributed by atoms with Crippen molar-refractivity contribution < 1.29 is 9.90 Å². The molecule has 0 aromatic heterocycles. The Bertz CT molecular complexity index is 249. The Morgan fingerprint density at radius 2 is 2.13 bits per heavy atom. The summed E-state index contributed by atoms with van der Waals surface area (Å²) in [5.41, 5.74) is -0.199. The molecule has 2 aliphatic rings. The van der Waals surface area contributed by atoms with Crippen LogP contribution in [-0.2, 0) is 4.79 Å². The van der Waals surface area contributed by atoms with E-state index in [-0.39, 0.29) is 17.4 Å². The summed E-state index contributed by atoms with van der Waals surface area (Å²) in [6, 6.07) is 0. The van der Waals surface area contributed by atoms with Gasteiger partial charge < -0.3 is 15.3 Å². The molecular formula is C11H20N2O2. The predicted octanol–water partition coefficient (Wildman–Crippen LogP) is -0.0307. The first-order valence-electron chi connectivity index (χ1n) is 5.80. The van der Waals surface area contributed by atoms with Gasteiger partial charge in [0.15, 0.2) is 0 Å². The van der Waals surface area contributed by atoms with Gasteiger partial charge in [-0.1, -0.05) is 6.92 Å². The average Bonchev–Trinajstić information content (AvgIpc) is 2.65. The molecule has 2 aliphatic heterocycles. The summed E-state index contributed by atoms with van der Waals surface area (Å²) in [6.07, 6.45) is 2.26. The smallest absolute Gasteiger partial charge is 0.228 e. The van der Waals surface area contributed by atoms with E-state index >= 15 is 0 Å². The quantitative estimate of drug-likeness (QED) is 0.642. The number of hydrogen-bond donors (Lipinski definition) is 2. The minimum atomic E-state index is -0.306. The van der Waals surface area contributed by atoms with E-state index in [2.05, 4.69) is 12.2 Å². The predicted molar refractivity (Wildman–Crippen MR) is 57.4 cm³/mol. The molecule has 0 bridgehead atoms. The zero-order valence-corrected chi connectivity index (χ0v) is 9.33. The highest BCUT2D eigenvalue weighted by molar-refractivity contribution is 5.82. The Balaban J connectivity index is 1.99. The monoisotopic (exact) mass is 212 g/mol. The molecule has 86 valence electrons. The van der Waals surface area contributed by atoms with Crippen LogP contribution in [0.15, 0.2) is 0 Å². The number of rotatable bonds is 1. The van der Waals surface area contributed by atoms with Crippen LogP contribution in [-0.4, -0.2) is 48.2 Å². The first-order chi connectivity index (χ1) is 7.12. The minimum absolute atomic E-state index is 0.199. The number of amides is 1. The van der Waals surface area contributed by atoms with Gasteiger partial charge in [-0.3, -0.25) is 4.79 Å². The number of β-amino-alcohol motifs (C(OH)–C–C–N with tert-alkyl or cyclic N) is 1. The topological polar surface area (TPSA) is 52.6 Å². The van der Waals surface area contributed by atoms with Gasteiger partial charge in [0.1, 0.15) is 0 Å². The molecule has 0 aromatic rings. The van der Waals surface area contributed by atoms with Crippen molar-refractivity contribution >= 4 is 5.91 Å². The van der Waals surface area contributed by atoms with Crippen LogP contribution in [0.2, 0.25) is 0 Å². The Labute approximate surface area is 90.6 Å². The number of nitrogens with one attached hydrogen (secondary N) is 1. The highest BCUT2D eigenvalue weighted by Crippen LogP contribution is 2.31. The minimum Gasteiger partial charge on any atom is -0.391 e. The summed E-state index contributed by atoms with van der Waals surface area (Å²) in [5.74, 6) is 0.237. The molecule has 15 heavy (non-hydrogen) atoms. The summed E-state index contributed by atoms with van der Waals surface area (Å²) < 4.78 is 0. The largest absolute Gasteiger partial charge is 0.391 e. The second kappa shape index (κ2) is 4.10. The number of likely N-dealkylation sites (tertiary alicyclic amines) is 1. The highest BCUT2D eigenvalue weighted by Gasteiger charge is 2.39. The number of carbonyl (C=O) groups excluding carboxylic acids is 1. The second-order valence-corrected chi connectivity index (χ2v) is 5.00. The number of carbonyl (C=O) groups is 1.